The Labute approximate surface area is 85.1 Å². The van der Waals surface area contributed by atoms with E-state index in [0.29, 0.717) is 0 Å². The van der Waals surface area contributed by atoms with Crippen molar-refractivity contribution < 1.29 is 18.0 Å². The van der Waals surface area contributed by atoms with Gasteiger partial charge in [0.1, 0.15) is 5.78 Å². The Morgan fingerprint density at radius 3 is 2.53 bits per heavy atom. The number of Topliss-reactive ketones (excluding diaryl/α,β-unsaturated/α-hetero) is 1. The summed E-state index contributed by atoms with van der Waals surface area (Å²) in [5, 5.41) is 0. The SMILES string of the molecule is CC(=O)C(C)c1ncccc1C(F)(F)F. The van der Waals surface area contributed by atoms with Crippen molar-refractivity contribution in [2.45, 2.75) is 25.9 Å². The summed E-state index contributed by atoms with van der Waals surface area (Å²) in [7, 11) is 0. The second-order valence-corrected chi connectivity index (χ2v) is 3.27. The molecule has 0 saturated heterocycles. The van der Waals surface area contributed by atoms with E-state index < -0.39 is 17.7 Å². The Balaban J connectivity index is 3.24. The second kappa shape index (κ2) is 4.00. The van der Waals surface area contributed by atoms with Crippen molar-refractivity contribution in [1.29, 1.82) is 0 Å². The maximum Gasteiger partial charge on any atom is 0.418 e. The van der Waals surface area contributed by atoms with Crippen molar-refractivity contribution in [2.24, 2.45) is 0 Å². The lowest BCUT2D eigenvalue weighted by atomic mass is 9.98. The van der Waals surface area contributed by atoms with Crippen LogP contribution in [0.2, 0.25) is 0 Å². The van der Waals surface area contributed by atoms with Gasteiger partial charge in [0.15, 0.2) is 0 Å². The Morgan fingerprint density at radius 1 is 1.47 bits per heavy atom. The smallest absolute Gasteiger partial charge is 0.299 e. The summed E-state index contributed by atoms with van der Waals surface area (Å²) >= 11 is 0. The highest BCUT2D eigenvalue weighted by molar-refractivity contribution is 5.82. The summed E-state index contributed by atoms with van der Waals surface area (Å²) in [5.41, 5.74) is -1.05. The lowest BCUT2D eigenvalue weighted by Gasteiger charge is -2.14. The van der Waals surface area contributed by atoms with Gasteiger partial charge in [-0.1, -0.05) is 0 Å². The Bertz CT molecular complexity index is 373. The van der Waals surface area contributed by atoms with Gasteiger partial charge < -0.3 is 0 Å². The molecular weight excluding hydrogens is 207 g/mol. The molecule has 15 heavy (non-hydrogen) atoms. The minimum atomic E-state index is -4.46. The number of nitrogens with zero attached hydrogens (tertiary/aromatic N) is 1. The fourth-order valence-electron chi connectivity index (χ4n) is 1.19. The lowest BCUT2D eigenvalue weighted by molar-refractivity contribution is -0.138. The van der Waals surface area contributed by atoms with E-state index in [1.165, 1.54) is 26.1 Å². The number of hydrogen-bond acceptors (Lipinski definition) is 2. The third-order valence-electron chi connectivity index (χ3n) is 2.16. The van der Waals surface area contributed by atoms with Gasteiger partial charge in [0.2, 0.25) is 0 Å². The molecule has 0 N–H and O–H groups in total. The highest BCUT2D eigenvalue weighted by Gasteiger charge is 2.35. The molecule has 0 aliphatic carbocycles. The van der Waals surface area contributed by atoms with E-state index in [0.717, 1.165) is 6.07 Å². The summed E-state index contributed by atoms with van der Waals surface area (Å²) in [6.45, 7) is 2.67. The van der Waals surface area contributed by atoms with Crippen molar-refractivity contribution in [1.82, 2.24) is 4.98 Å². The number of carbonyl (C=O) groups excluding carboxylic acids is 1. The van der Waals surface area contributed by atoms with Gasteiger partial charge in [0.05, 0.1) is 17.2 Å². The van der Waals surface area contributed by atoms with Gasteiger partial charge >= 0.3 is 6.18 Å². The first-order valence-corrected chi connectivity index (χ1v) is 4.36. The van der Waals surface area contributed by atoms with E-state index in [4.69, 9.17) is 0 Å². The second-order valence-electron chi connectivity index (χ2n) is 3.27. The van der Waals surface area contributed by atoms with E-state index in [-0.39, 0.29) is 11.5 Å². The first-order valence-electron chi connectivity index (χ1n) is 4.36. The Hall–Kier alpha value is -1.39. The number of hydrogen-bond donors (Lipinski definition) is 0. The van der Waals surface area contributed by atoms with Gasteiger partial charge in [-0.25, -0.2) is 0 Å². The molecule has 2 nitrogen and oxygen atoms in total. The maximum atomic E-state index is 12.5. The predicted octanol–water partition coefficient (Wildman–Crippen LogP) is 2.79. The highest BCUT2D eigenvalue weighted by atomic mass is 19.4. The number of aromatic nitrogens is 1. The van der Waals surface area contributed by atoms with Crippen LogP contribution in [-0.4, -0.2) is 10.8 Å². The molecule has 1 heterocycles. The van der Waals surface area contributed by atoms with Crippen molar-refractivity contribution in [3.05, 3.63) is 29.6 Å². The van der Waals surface area contributed by atoms with Crippen LogP contribution in [0.1, 0.15) is 31.0 Å². The minimum Gasteiger partial charge on any atom is -0.299 e. The Morgan fingerprint density at radius 2 is 2.07 bits per heavy atom. The van der Waals surface area contributed by atoms with Crippen LogP contribution in [0.4, 0.5) is 13.2 Å². The van der Waals surface area contributed by atoms with Crippen LogP contribution in [0.25, 0.3) is 0 Å². The number of pyridine rings is 1. The van der Waals surface area contributed by atoms with Crippen molar-refractivity contribution in [3.8, 4) is 0 Å². The molecule has 0 aliphatic rings. The molecule has 0 radical (unpaired) electrons. The molecule has 1 aromatic heterocycles. The van der Waals surface area contributed by atoms with Crippen LogP contribution in [-0.2, 0) is 11.0 Å². The van der Waals surface area contributed by atoms with Crippen LogP contribution in [0, 0.1) is 0 Å². The molecule has 0 aliphatic heterocycles. The van der Waals surface area contributed by atoms with E-state index in [2.05, 4.69) is 4.98 Å². The third kappa shape index (κ3) is 2.55. The molecule has 1 unspecified atom stereocenters. The van der Waals surface area contributed by atoms with E-state index in [9.17, 15) is 18.0 Å². The van der Waals surface area contributed by atoms with Gasteiger partial charge in [-0.3, -0.25) is 9.78 Å². The number of ketones is 1. The van der Waals surface area contributed by atoms with Gasteiger partial charge in [-0.15, -0.1) is 0 Å². The highest BCUT2D eigenvalue weighted by Crippen LogP contribution is 2.33. The summed E-state index contributed by atoms with van der Waals surface area (Å²) < 4.78 is 37.6. The van der Waals surface area contributed by atoms with Gasteiger partial charge in [-0.05, 0) is 26.0 Å². The van der Waals surface area contributed by atoms with Gasteiger partial charge in [0, 0.05) is 6.20 Å². The van der Waals surface area contributed by atoms with E-state index >= 15 is 0 Å². The first kappa shape index (κ1) is 11.7. The average molecular weight is 217 g/mol. The average Bonchev–Trinajstić information content (AvgIpc) is 2.15. The van der Waals surface area contributed by atoms with Crippen LogP contribution in [0.15, 0.2) is 18.3 Å². The quantitative estimate of drug-likeness (QED) is 0.762. The summed E-state index contributed by atoms with van der Waals surface area (Å²) in [5.74, 6) is -1.16. The molecule has 1 atom stereocenters. The fraction of sp³-hybridized carbons (Fsp3) is 0.400. The lowest BCUT2D eigenvalue weighted by Crippen LogP contribution is -2.15. The fourth-order valence-corrected chi connectivity index (χ4v) is 1.19. The number of carbonyl (C=O) groups is 1. The zero-order chi connectivity index (χ0) is 11.6. The molecule has 0 amide bonds. The first-order chi connectivity index (χ1) is 6.84. The topological polar surface area (TPSA) is 30.0 Å². The number of alkyl halides is 3. The van der Waals surface area contributed by atoms with Crippen molar-refractivity contribution in [2.75, 3.05) is 0 Å². The monoisotopic (exact) mass is 217 g/mol. The predicted molar refractivity (Wildman–Crippen MR) is 48.3 cm³/mol. The Kier molecular flexibility index (Phi) is 3.12. The van der Waals surface area contributed by atoms with E-state index in [1.54, 1.807) is 0 Å². The summed E-state index contributed by atoms with van der Waals surface area (Å²) in [6, 6.07) is 2.14. The van der Waals surface area contributed by atoms with Crippen LogP contribution >= 0.6 is 0 Å². The molecule has 0 aromatic carbocycles. The molecule has 1 aromatic rings. The molecule has 82 valence electrons. The molecule has 1 rings (SSSR count). The summed E-state index contributed by atoms with van der Waals surface area (Å²) in [4.78, 5) is 14.6. The standard InChI is InChI=1S/C10H10F3NO/c1-6(7(2)15)9-8(10(11,12)13)4-3-5-14-9/h3-6H,1-2H3. The zero-order valence-corrected chi connectivity index (χ0v) is 8.30. The molecule has 5 heteroatoms. The zero-order valence-electron chi connectivity index (χ0n) is 8.30. The van der Waals surface area contributed by atoms with Crippen molar-refractivity contribution >= 4 is 5.78 Å². The van der Waals surface area contributed by atoms with Crippen LogP contribution < -0.4 is 0 Å². The van der Waals surface area contributed by atoms with Gasteiger partial charge in [0.25, 0.3) is 0 Å². The maximum absolute atomic E-state index is 12.5. The minimum absolute atomic E-state index is 0.211. The van der Waals surface area contributed by atoms with Crippen LogP contribution in [0.3, 0.4) is 0 Å². The molecular formula is C10H10F3NO. The third-order valence-corrected chi connectivity index (χ3v) is 2.16. The van der Waals surface area contributed by atoms with Crippen molar-refractivity contribution in [3.63, 3.8) is 0 Å². The largest absolute Gasteiger partial charge is 0.418 e. The van der Waals surface area contributed by atoms with Crippen LogP contribution in [0.5, 0.6) is 0 Å². The number of halogens is 3. The normalized spacial score (nSPS) is 13.7. The summed E-state index contributed by atoms with van der Waals surface area (Å²) in [6.07, 6.45) is -3.21. The molecule has 0 fully saturated rings. The number of rotatable bonds is 2. The molecule has 0 saturated carbocycles. The van der Waals surface area contributed by atoms with E-state index in [1.807, 2.05) is 0 Å². The molecule has 0 spiro atoms. The molecule has 0 bridgehead atoms. The van der Waals surface area contributed by atoms with Gasteiger partial charge in [-0.2, -0.15) is 13.2 Å².